The Morgan fingerprint density at radius 1 is 1.17 bits per heavy atom. The number of benzene rings is 1. The standard InChI is InChI=1S/C16H24BrNO5/c1-10(2)15(22-5)23-16(19)18-7-6-11-8-14(21-4)12(17)9-13(11)20-3/h8-10,15H,6-7H2,1-5H3,(H,18,19). The van der Waals surface area contributed by atoms with Gasteiger partial charge in [-0.1, -0.05) is 13.8 Å². The Labute approximate surface area is 145 Å². The topological polar surface area (TPSA) is 66.0 Å². The number of nitrogens with one attached hydrogen (secondary N) is 1. The SMILES string of the molecule is COc1cc(CCNC(=O)OC(OC)C(C)C)c(OC)cc1Br. The van der Waals surface area contributed by atoms with Crippen molar-refractivity contribution in [3.05, 3.63) is 22.2 Å². The first kappa shape index (κ1) is 19.6. The van der Waals surface area contributed by atoms with E-state index in [4.69, 9.17) is 18.9 Å². The van der Waals surface area contributed by atoms with E-state index in [0.29, 0.717) is 18.7 Å². The summed E-state index contributed by atoms with van der Waals surface area (Å²) in [6.07, 6.45) is -0.479. The maximum absolute atomic E-state index is 11.8. The van der Waals surface area contributed by atoms with Crippen molar-refractivity contribution >= 4 is 22.0 Å². The van der Waals surface area contributed by atoms with Crippen molar-refractivity contribution in [2.75, 3.05) is 27.9 Å². The number of halogens is 1. The average molecular weight is 390 g/mol. The van der Waals surface area contributed by atoms with Gasteiger partial charge >= 0.3 is 6.09 Å². The van der Waals surface area contributed by atoms with E-state index in [1.54, 1.807) is 14.2 Å². The van der Waals surface area contributed by atoms with Crippen LogP contribution in [0.4, 0.5) is 4.79 Å². The van der Waals surface area contributed by atoms with E-state index in [2.05, 4.69) is 21.2 Å². The summed E-state index contributed by atoms with van der Waals surface area (Å²) in [5, 5.41) is 2.70. The van der Waals surface area contributed by atoms with Crippen LogP contribution < -0.4 is 14.8 Å². The molecule has 1 amide bonds. The normalized spacial score (nSPS) is 12.0. The summed E-state index contributed by atoms with van der Waals surface area (Å²) in [6.45, 7) is 4.25. The molecule has 0 saturated carbocycles. The van der Waals surface area contributed by atoms with Crippen LogP contribution in [-0.2, 0) is 15.9 Å². The number of ether oxygens (including phenoxy) is 4. The Balaban J connectivity index is 2.60. The fourth-order valence-electron chi connectivity index (χ4n) is 2.02. The first-order valence-electron chi connectivity index (χ1n) is 7.30. The summed E-state index contributed by atoms with van der Waals surface area (Å²) in [4.78, 5) is 11.8. The molecule has 1 N–H and O–H groups in total. The highest BCUT2D eigenvalue weighted by Crippen LogP contribution is 2.32. The van der Waals surface area contributed by atoms with Gasteiger partial charge in [0.1, 0.15) is 11.5 Å². The zero-order valence-corrected chi connectivity index (χ0v) is 15.7. The van der Waals surface area contributed by atoms with Crippen LogP contribution in [0.1, 0.15) is 19.4 Å². The third kappa shape index (κ3) is 5.91. The van der Waals surface area contributed by atoms with Crippen LogP contribution in [0.25, 0.3) is 0 Å². The van der Waals surface area contributed by atoms with Crippen LogP contribution >= 0.6 is 15.9 Å². The van der Waals surface area contributed by atoms with Gasteiger partial charge in [-0.3, -0.25) is 0 Å². The van der Waals surface area contributed by atoms with Crippen molar-refractivity contribution in [2.24, 2.45) is 5.92 Å². The molecule has 0 fully saturated rings. The van der Waals surface area contributed by atoms with Crippen molar-refractivity contribution in [1.82, 2.24) is 5.32 Å². The summed E-state index contributed by atoms with van der Waals surface area (Å²) < 4.78 is 21.7. The molecular weight excluding hydrogens is 366 g/mol. The molecular formula is C16H24BrNO5. The minimum absolute atomic E-state index is 0.0848. The van der Waals surface area contributed by atoms with Crippen LogP contribution in [0.5, 0.6) is 11.5 Å². The maximum atomic E-state index is 11.8. The molecule has 0 bridgehead atoms. The van der Waals surface area contributed by atoms with Gasteiger partial charge in [-0.2, -0.15) is 0 Å². The molecule has 1 atom stereocenters. The van der Waals surface area contributed by atoms with E-state index in [0.717, 1.165) is 15.8 Å². The van der Waals surface area contributed by atoms with E-state index in [9.17, 15) is 4.79 Å². The Kier molecular flexibility index (Phi) is 8.19. The summed E-state index contributed by atoms with van der Waals surface area (Å²) in [5.41, 5.74) is 0.931. The van der Waals surface area contributed by atoms with E-state index >= 15 is 0 Å². The zero-order valence-electron chi connectivity index (χ0n) is 14.1. The van der Waals surface area contributed by atoms with Gasteiger partial charge in [0.05, 0.1) is 18.7 Å². The number of alkyl carbamates (subject to hydrolysis) is 1. The molecule has 0 aromatic heterocycles. The van der Waals surface area contributed by atoms with Crippen molar-refractivity contribution in [3.63, 3.8) is 0 Å². The fourth-order valence-corrected chi connectivity index (χ4v) is 2.51. The van der Waals surface area contributed by atoms with Crippen LogP contribution in [0.2, 0.25) is 0 Å². The first-order chi connectivity index (χ1) is 10.9. The fraction of sp³-hybridized carbons (Fsp3) is 0.562. The molecule has 1 aromatic rings. The quantitative estimate of drug-likeness (QED) is 0.690. The van der Waals surface area contributed by atoms with Gasteiger partial charge in [-0.05, 0) is 40.0 Å². The monoisotopic (exact) mass is 389 g/mol. The molecule has 1 rings (SSSR count). The number of hydrogen-bond donors (Lipinski definition) is 1. The molecule has 23 heavy (non-hydrogen) atoms. The van der Waals surface area contributed by atoms with Crippen LogP contribution in [0, 0.1) is 5.92 Å². The molecule has 0 radical (unpaired) electrons. The zero-order chi connectivity index (χ0) is 17.4. The summed E-state index contributed by atoms with van der Waals surface area (Å²) in [7, 11) is 4.71. The smallest absolute Gasteiger partial charge is 0.409 e. The first-order valence-corrected chi connectivity index (χ1v) is 8.09. The van der Waals surface area contributed by atoms with Crippen molar-refractivity contribution in [1.29, 1.82) is 0 Å². The van der Waals surface area contributed by atoms with E-state index < -0.39 is 12.4 Å². The van der Waals surface area contributed by atoms with Gasteiger partial charge in [0, 0.05) is 19.6 Å². The van der Waals surface area contributed by atoms with Crippen LogP contribution in [-0.4, -0.2) is 40.3 Å². The lowest BCUT2D eigenvalue weighted by atomic mass is 10.1. The molecule has 0 aliphatic rings. The maximum Gasteiger partial charge on any atom is 0.409 e. The summed E-state index contributed by atoms with van der Waals surface area (Å²) in [5.74, 6) is 1.52. The minimum Gasteiger partial charge on any atom is -0.496 e. The van der Waals surface area contributed by atoms with Gasteiger partial charge in [-0.15, -0.1) is 0 Å². The van der Waals surface area contributed by atoms with Gasteiger partial charge in [0.2, 0.25) is 6.29 Å². The molecule has 0 saturated heterocycles. The Morgan fingerprint density at radius 2 is 1.83 bits per heavy atom. The molecule has 0 aliphatic heterocycles. The van der Waals surface area contributed by atoms with Gasteiger partial charge in [-0.25, -0.2) is 4.79 Å². The molecule has 1 aromatic carbocycles. The second-order valence-corrected chi connectivity index (χ2v) is 6.08. The number of hydrogen-bond acceptors (Lipinski definition) is 5. The van der Waals surface area contributed by atoms with Crippen LogP contribution in [0.15, 0.2) is 16.6 Å². The second kappa shape index (κ2) is 9.62. The molecule has 0 spiro atoms. The third-order valence-corrected chi connectivity index (χ3v) is 3.84. The molecule has 130 valence electrons. The number of carbonyl (C=O) groups excluding carboxylic acids is 1. The third-order valence-electron chi connectivity index (χ3n) is 3.22. The predicted octanol–water partition coefficient (Wildman–Crippen LogP) is 3.36. The molecule has 0 heterocycles. The number of amides is 1. The lowest BCUT2D eigenvalue weighted by molar-refractivity contribution is -0.108. The number of carbonyl (C=O) groups is 1. The lowest BCUT2D eigenvalue weighted by Gasteiger charge is -2.19. The Hall–Kier alpha value is -1.47. The summed E-state index contributed by atoms with van der Waals surface area (Å²) >= 11 is 3.41. The van der Waals surface area contributed by atoms with Gasteiger partial charge in [0.15, 0.2) is 0 Å². The van der Waals surface area contributed by atoms with E-state index in [1.165, 1.54) is 7.11 Å². The molecule has 7 heteroatoms. The van der Waals surface area contributed by atoms with Crippen molar-refractivity contribution < 1.29 is 23.7 Å². The minimum atomic E-state index is -0.558. The van der Waals surface area contributed by atoms with E-state index in [-0.39, 0.29) is 5.92 Å². The largest absolute Gasteiger partial charge is 0.496 e. The van der Waals surface area contributed by atoms with E-state index in [1.807, 2.05) is 26.0 Å². The average Bonchev–Trinajstić information content (AvgIpc) is 2.53. The summed E-state index contributed by atoms with van der Waals surface area (Å²) in [6, 6.07) is 3.72. The number of methoxy groups -OCH3 is 3. The second-order valence-electron chi connectivity index (χ2n) is 5.23. The van der Waals surface area contributed by atoms with Crippen molar-refractivity contribution in [3.8, 4) is 11.5 Å². The van der Waals surface area contributed by atoms with Crippen LogP contribution in [0.3, 0.4) is 0 Å². The Bertz CT molecular complexity index is 521. The lowest BCUT2D eigenvalue weighted by Crippen LogP contribution is -2.33. The predicted molar refractivity (Wildman–Crippen MR) is 91.1 cm³/mol. The number of rotatable bonds is 8. The highest BCUT2D eigenvalue weighted by Gasteiger charge is 2.17. The Morgan fingerprint density at radius 3 is 2.35 bits per heavy atom. The molecule has 6 nitrogen and oxygen atoms in total. The molecule has 0 aliphatic carbocycles. The van der Waals surface area contributed by atoms with Gasteiger partial charge in [0.25, 0.3) is 0 Å². The highest BCUT2D eigenvalue weighted by molar-refractivity contribution is 9.10. The highest BCUT2D eigenvalue weighted by atomic mass is 79.9. The molecule has 1 unspecified atom stereocenters. The van der Waals surface area contributed by atoms with Crippen molar-refractivity contribution in [2.45, 2.75) is 26.6 Å². The van der Waals surface area contributed by atoms with Gasteiger partial charge < -0.3 is 24.3 Å².